The third-order valence-electron chi connectivity index (χ3n) is 4.53. The summed E-state index contributed by atoms with van der Waals surface area (Å²) in [5.41, 5.74) is 8.33. The van der Waals surface area contributed by atoms with E-state index in [0.29, 0.717) is 42.9 Å². The van der Waals surface area contributed by atoms with Crippen LogP contribution < -0.4 is 20.8 Å². The fraction of sp³-hybridized carbons (Fsp3) is 0.500. The van der Waals surface area contributed by atoms with Gasteiger partial charge in [0.15, 0.2) is 5.75 Å². The molecule has 2 aromatic rings. The highest BCUT2D eigenvalue weighted by Gasteiger charge is 2.20. The van der Waals surface area contributed by atoms with Crippen molar-refractivity contribution < 1.29 is 9.47 Å². The SMILES string of the molecule is CCCC(C)COc1c(OCC=C(C)C)c2ccc(N)cc2n(CC)c1=O. The van der Waals surface area contributed by atoms with Crippen molar-refractivity contribution in [3.63, 3.8) is 0 Å². The normalized spacial score (nSPS) is 12.0. The number of allylic oxidation sites excluding steroid dienone is 1. The van der Waals surface area contributed by atoms with Crippen LogP contribution in [-0.2, 0) is 6.54 Å². The largest absolute Gasteiger partial charge is 0.485 e. The number of hydrogen-bond donors (Lipinski definition) is 1. The molecule has 5 nitrogen and oxygen atoms in total. The van der Waals surface area contributed by atoms with Gasteiger partial charge in [0.2, 0.25) is 5.75 Å². The molecular weight excluding hydrogens is 340 g/mol. The van der Waals surface area contributed by atoms with Crippen molar-refractivity contribution >= 4 is 16.6 Å². The van der Waals surface area contributed by atoms with Crippen LogP contribution in [0.3, 0.4) is 0 Å². The molecule has 0 radical (unpaired) electrons. The zero-order valence-electron chi connectivity index (χ0n) is 17.2. The zero-order chi connectivity index (χ0) is 20.0. The fourth-order valence-electron chi connectivity index (χ4n) is 3.09. The molecule has 0 bridgehead atoms. The summed E-state index contributed by atoms with van der Waals surface area (Å²) in [6.07, 6.45) is 4.13. The van der Waals surface area contributed by atoms with E-state index < -0.39 is 0 Å². The van der Waals surface area contributed by atoms with Gasteiger partial charge in [0.25, 0.3) is 5.56 Å². The second-order valence-corrected chi connectivity index (χ2v) is 7.28. The predicted octanol–water partition coefficient (Wildman–Crippen LogP) is 4.76. The van der Waals surface area contributed by atoms with Crippen LogP contribution in [0.1, 0.15) is 47.5 Å². The van der Waals surface area contributed by atoms with Crippen LogP contribution in [0, 0.1) is 5.92 Å². The summed E-state index contributed by atoms with van der Waals surface area (Å²) in [7, 11) is 0. The third-order valence-corrected chi connectivity index (χ3v) is 4.53. The Morgan fingerprint density at radius 3 is 2.59 bits per heavy atom. The Hall–Kier alpha value is -2.43. The van der Waals surface area contributed by atoms with Gasteiger partial charge in [0.1, 0.15) is 6.61 Å². The van der Waals surface area contributed by atoms with Gasteiger partial charge in [-0.2, -0.15) is 0 Å². The lowest BCUT2D eigenvalue weighted by Crippen LogP contribution is -2.24. The molecule has 0 aliphatic heterocycles. The Kier molecular flexibility index (Phi) is 7.34. The van der Waals surface area contributed by atoms with Crippen LogP contribution in [-0.4, -0.2) is 17.8 Å². The van der Waals surface area contributed by atoms with Gasteiger partial charge in [-0.15, -0.1) is 0 Å². The zero-order valence-corrected chi connectivity index (χ0v) is 17.2. The highest BCUT2D eigenvalue weighted by molar-refractivity contribution is 5.90. The van der Waals surface area contributed by atoms with Crippen LogP contribution in [0.4, 0.5) is 5.69 Å². The summed E-state index contributed by atoms with van der Waals surface area (Å²) in [6, 6.07) is 5.54. The van der Waals surface area contributed by atoms with Gasteiger partial charge in [0.05, 0.1) is 12.1 Å². The van der Waals surface area contributed by atoms with Crippen molar-refractivity contribution in [3.8, 4) is 11.5 Å². The first-order valence-electron chi connectivity index (χ1n) is 9.73. The minimum absolute atomic E-state index is 0.175. The number of pyridine rings is 1. The standard InChI is InChI=1S/C22H32N2O3/c1-6-8-16(5)14-27-21-20(26-12-11-15(3)4)18-10-9-17(23)13-19(18)24(7-2)22(21)25/h9-11,13,16H,6-8,12,14,23H2,1-5H3. The summed E-state index contributed by atoms with van der Waals surface area (Å²) >= 11 is 0. The van der Waals surface area contributed by atoms with Crippen LogP contribution >= 0.6 is 0 Å². The van der Waals surface area contributed by atoms with Crippen LogP contribution in [0.25, 0.3) is 10.9 Å². The monoisotopic (exact) mass is 372 g/mol. The second kappa shape index (κ2) is 9.49. The van der Waals surface area contributed by atoms with E-state index in [9.17, 15) is 4.79 Å². The minimum atomic E-state index is -0.175. The minimum Gasteiger partial charge on any atom is -0.485 e. The summed E-state index contributed by atoms with van der Waals surface area (Å²) in [6.45, 7) is 11.7. The first-order chi connectivity index (χ1) is 12.9. The highest BCUT2D eigenvalue weighted by Crippen LogP contribution is 2.34. The number of hydrogen-bond acceptors (Lipinski definition) is 4. The maximum atomic E-state index is 13.1. The molecule has 27 heavy (non-hydrogen) atoms. The molecule has 5 heteroatoms. The van der Waals surface area contributed by atoms with E-state index in [1.807, 2.05) is 45.0 Å². The molecule has 0 aliphatic rings. The number of ether oxygens (including phenoxy) is 2. The summed E-state index contributed by atoms with van der Waals surface area (Å²) in [5, 5.41) is 0.839. The fourth-order valence-corrected chi connectivity index (χ4v) is 3.09. The third kappa shape index (κ3) is 5.06. The quantitative estimate of drug-likeness (QED) is 0.509. The second-order valence-electron chi connectivity index (χ2n) is 7.28. The Morgan fingerprint density at radius 2 is 1.96 bits per heavy atom. The number of aryl methyl sites for hydroxylation is 1. The number of benzene rings is 1. The van der Waals surface area contributed by atoms with Crippen LogP contribution in [0.5, 0.6) is 11.5 Å². The molecule has 1 heterocycles. The lowest BCUT2D eigenvalue weighted by Gasteiger charge is -2.19. The van der Waals surface area contributed by atoms with Crippen LogP contribution in [0.2, 0.25) is 0 Å². The lowest BCUT2D eigenvalue weighted by molar-refractivity contribution is 0.233. The smallest absolute Gasteiger partial charge is 0.297 e. The Bertz CT molecular complexity index is 864. The van der Waals surface area contributed by atoms with E-state index in [4.69, 9.17) is 15.2 Å². The average Bonchev–Trinajstić information content (AvgIpc) is 2.61. The maximum Gasteiger partial charge on any atom is 0.297 e. The average molecular weight is 373 g/mol. The van der Waals surface area contributed by atoms with Crippen molar-refractivity contribution in [2.75, 3.05) is 18.9 Å². The molecule has 2 N–H and O–H groups in total. The first kappa shape index (κ1) is 20.9. The molecule has 1 unspecified atom stereocenters. The number of nitrogens with two attached hydrogens (primary N) is 1. The van der Waals surface area contributed by atoms with Gasteiger partial charge in [-0.1, -0.05) is 25.8 Å². The maximum absolute atomic E-state index is 13.1. The number of nitrogens with zero attached hydrogens (tertiary/aromatic N) is 1. The number of nitrogen functional groups attached to an aromatic ring is 1. The summed E-state index contributed by atoms with van der Waals surface area (Å²) in [4.78, 5) is 13.1. The van der Waals surface area contributed by atoms with Crippen molar-refractivity contribution in [3.05, 3.63) is 40.2 Å². The molecule has 0 saturated heterocycles. The van der Waals surface area contributed by atoms with Gasteiger partial charge < -0.3 is 19.8 Å². The van der Waals surface area contributed by atoms with Crippen molar-refractivity contribution in [2.45, 2.75) is 54.0 Å². The predicted molar refractivity (Wildman–Crippen MR) is 113 cm³/mol. The molecule has 148 valence electrons. The van der Waals surface area contributed by atoms with Crippen molar-refractivity contribution in [1.29, 1.82) is 0 Å². The van der Waals surface area contributed by atoms with Gasteiger partial charge >= 0.3 is 0 Å². The van der Waals surface area contributed by atoms with E-state index in [0.717, 1.165) is 29.3 Å². The van der Waals surface area contributed by atoms with E-state index >= 15 is 0 Å². The summed E-state index contributed by atoms with van der Waals surface area (Å²) < 4.78 is 13.7. The van der Waals surface area contributed by atoms with Crippen molar-refractivity contribution in [1.82, 2.24) is 4.57 Å². The van der Waals surface area contributed by atoms with Gasteiger partial charge in [-0.05, 0) is 57.4 Å². The Morgan fingerprint density at radius 1 is 1.22 bits per heavy atom. The molecule has 2 rings (SSSR count). The van der Waals surface area contributed by atoms with Crippen LogP contribution in [0.15, 0.2) is 34.6 Å². The van der Waals surface area contributed by atoms with Gasteiger partial charge in [0, 0.05) is 17.6 Å². The molecule has 1 aromatic heterocycles. The first-order valence-corrected chi connectivity index (χ1v) is 9.73. The number of anilines is 1. The molecule has 0 aliphatic carbocycles. The molecule has 0 spiro atoms. The van der Waals surface area contributed by atoms with E-state index in [1.54, 1.807) is 4.57 Å². The number of rotatable bonds is 9. The summed E-state index contributed by atoms with van der Waals surface area (Å²) in [5.74, 6) is 1.16. The molecule has 1 aromatic carbocycles. The molecule has 0 fully saturated rings. The molecule has 1 atom stereocenters. The Labute approximate surface area is 161 Å². The molecular formula is C22H32N2O3. The number of aromatic nitrogens is 1. The van der Waals surface area contributed by atoms with Gasteiger partial charge in [-0.3, -0.25) is 4.79 Å². The van der Waals surface area contributed by atoms with Gasteiger partial charge in [-0.25, -0.2) is 0 Å². The lowest BCUT2D eigenvalue weighted by atomic mass is 10.1. The van der Waals surface area contributed by atoms with E-state index in [2.05, 4.69) is 13.8 Å². The van der Waals surface area contributed by atoms with E-state index in [1.165, 1.54) is 0 Å². The Balaban J connectivity index is 2.58. The number of fused-ring (bicyclic) bond motifs is 1. The molecule has 0 amide bonds. The molecule has 0 saturated carbocycles. The topological polar surface area (TPSA) is 66.5 Å². The van der Waals surface area contributed by atoms with Crippen molar-refractivity contribution in [2.24, 2.45) is 5.92 Å². The highest BCUT2D eigenvalue weighted by atomic mass is 16.5. The van der Waals surface area contributed by atoms with E-state index in [-0.39, 0.29) is 5.56 Å².